The van der Waals surface area contributed by atoms with Crippen molar-refractivity contribution < 1.29 is 19.1 Å². The molecule has 160 valence electrons. The van der Waals surface area contributed by atoms with Crippen molar-refractivity contribution in [3.05, 3.63) is 24.3 Å². The van der Waals surface area contributed by atoms with Gasteiger partial charge in [-0.15, -0.1) is 0 Å². The molecule has 0 unspecified atom stereocenters. The molecule has 2 N–H and O–H groups in total. The molecule has 8 nitrogen and oxygen atoms in total. The SMILES string of the molecule is COc1ccc(OCCN2CCN(CC(=O)NC(=O)NC3CCCC3)CC2)cc1. The summed E-state index contributed by atoms with van der Waals surface area (Å²) >= 11 is 0. The van der Waals surface area contributed by atoms with Gasteiger partial charge in [0.05, 0.1) is 13.7 Å². The predicted octanol–water partition coefficient (Wildman–Crippen LogP) is 1.46. The van der Waals surface area contributed by atoms with E-state index in [9.17, 15) is 9.59 Å². The zero-order chi connectivity index (χ0) is 20.5. The van der Waals surface area contributed by atoms with Crippen molar-refractivity contribution in [1.82, 2.24) is 20.4 Å². The molecule has 8 heteroatoms. The van der Waals surface area contributed by atoms with Gasteiger partial charge in [-0.25, -0.2) is 4.79 Å². The number of amides is 3. The van der Waals surface area contributed by atoms with Crippen LogP contribution < -0.4 is 20.1 Å². The minimum atomic E-state index is -0.365. The molecule has 1 heterocycles. The molecule has 1 aliphatic carbocycles. The van der Waals surface area contributed by atoms with Crippen LogP contribution in [-0.4, -0.2) is 80.8 Å². The Kier molecular flexibility index (Phi) is 8.13. The number of methoxy groups -OCH3 is 1. The highest BCUT2D eigenvalue weighted by Crippen LogP contribution is 2.18. The Morgan fingerprint density at radius 2 is 1.62 bits per heavy atom. The highest BCUT2D eigenvalue weighted by Gasteiger charge is 2.21. The van der Waals surface area contributed by atoms with Gasteiger partial charge in [0, 0.05) is 38.8 Å². The first-order chi connectivity index (χ1) is 14.1. The lowest BCUT2D eigenvalue weighted by Gasteiger charge is -2.34. The van der Waals surface area contributed by atoms with Crippen LogP contribution in [0.2, 0.25) is 0 Å². The molecule has 2 aliphatic rings. The number of nitrogens with zero attached hydrogens (tertiary/aromatic N) is 2. The number of imide groups is 1. The smallest absolute Gasteiger partial charge is 0.321 e. The van der Waals surface area contributed by atoms with Gasteiger partial charge >= 0.3 is 6.03 Å². The minimum absolute atomic E-state index is 0.214. The maximum absolute atomic E-state index is 12.1. The van der Waals surface area contributed by atoms with Crippen LogP contribution in [0.3, 0.4) is 0 Å². The third-order valence-electron chi connectivity index (χ3n) is 5.51. The minimum Gasteiger partial charge on any atom is -0.497 e. The normalized spacial score (nSPS) is 18.4. The van der Waals surface area contributed by atoms with Crippen molar-refractivity contribution in [2.24, 2.45) is 0 Å². The van der Waals surface area contributed by atoms with E-state index in [-0.39, 0.29) is 24.5 Å². The Hall–Kier alpha value is -2.32. The van der Waals surface area contributed by atoms with Crippen molar-refractivity contribution in [3.63, 3.8) is 0 Å². The number of ether oxygens (including phenoxy) is 2. The number of benzene rings is 1. The van der Waals surface area contributed by atoms with E-state index in [1.165, 1.54) is 0 Å². The second-order valence-corrected chi connectivity index (χ2v) is 7.64. The Balaban J connectivity index is 1.27. The topological polar surface area (TPSA) is 83.1 Å². The van der Waals surface area contributed by atoms with E-state index in [0.717, 1.165) is 69.9 Å². The van der Waals surface area contributed by atoms with Crippen LogP contribution in [0.25, 0.3) is 0 Å². The number of urea groups is 1. The first kappa shape index (κ1) is 21.4. The van der Waals surface area contributed by atoms with Gasteiger partial charge < -0.3 is 14.8 Å². The van der Waals surface area contributed by atoms with Crippen LogP contribution in [0.4, 0.5) is 4.79 Å². The molecule has 3 amide bonds. The van der Waals surface area contributed by atoms with Crippen LogP contribution in [0.1, 0.15) is 25.7 Å². The summed E-state index contributed by atoms with van der Waals surface area (Å²) in [5.74, 6) is 1.40. The van der Waals surface area contributed by atoms with Crippen molar-refractivity contribution in [2.45, 2.75) is 31.7 Å². The standard InChI is InChI=1S/C21H32N4O4/c1-28-18-6-8-19(9-7-18)29-15-14-24-10-12-25(13-11-24)16-20(26)23-21(27)22-17-4-2-3-5-17/h6-9,17H,2-5,10-16H2,1H3,(H2,22,23,26,27). The van der Waals surface area contributed by atoms with Crippen LogP contribution in [0, 0.1) is 0 Å². The maximum atomic E-state index is 12.1. The molecule has 0 radical (unpaired) electrons. The van der Waals surface area contributed by atoms with Crippen LogP contribution in [0.5, 0.6) is 11.5 Å². The Morgan fingerprint density at radius 3 is 2.28 bits per heavy atom. The molecule has 1 saturated heterocycles. The summed E-state index contributed by atoms with van der Waals surface area (Å²) in [5, 5.41) is 5.33. The Bertz CT molecular complexity index is 653. The molecule has 3 rings (SSSR count). The lowest BCUT2D eigenvalue weighted by atomic mass is 10.2. The van der Waals surface area contributed by atoms with Crippen LogP contribution >= 0.6 is 0 Å². The van der Waals surface area contributed by atoms with Gasteiger partial charge in [-0.2, -0.15) is 0 Å². The third kappa shape index (κ3) is 7.21. The molecule has 29 heavy (non-hydrogen) atoms. The molecule has 1 saturated carbocycles. The van der Waals surface area contributed by atoms with E-state index >= 15 is 0 Å². The lowest BCUT2D eigenvalue weighted by molar-refractivity contribution is -0.121. The highest BCUT2D eigenvalue weighted by atomic mass is 16.5. The first-order valence-corrected chi connectivity index (χ1v) is 10.4. The fourth-order valence-electron chi connectivity index (χ4n) is 3.80. The van der Waals surface area contributed by atoms with E-state index in [4.69, 9.17) is 9.47 Å². The second kappa shape index (κ2) is 11.0. The van der Waals surface area contributed by atoms with Crippen LogP contribution in [0.15, 0.2) is 24.3 Å². The number of nitrogens with one attached hydrogen (secondary N) is 2. The summed E-state index contributed by atoms with van der Waals surface area (Å²) in [6.07, 6.45) is 4.31. The molecule has 1 aromatic rings. The largest absolute Gasteiger partial charge is 0.497 e. The quantitative estimate of drug-likeness (QED) is 0.683. The number of carbonyl (C=O) groups excluding carboxylic acids is 2. The van der Waals surface area contributed by atoms with Crippen molar-refractivity contribution >= 4 is 11.9 Å². The zero-order valence-electron chi connectivity index (χ0n) is 17.2. The summed E-state index contributed by atoms with van der Waals surface area (Å²) in [6, 6.07) is 7.42. The van der Waals surface area contributed by atoms with Gasteiger partial charge in [0.2, 0.25) is 5.91 Å². The average molecular weight is 405 g/mol. The van der Waals surface area contributed by atoms with E-state index in [1.54, 1.807) is 7.11 Å². The lowest BCUT2D eigenvalue weighted by Crippen LogP contribution is -2.52. The highest BCUT2D eigenvalue weighted by molar-refractivity contribution is 5.95. The van der Waals surface area contributed by atoms with Gasteiger partial charge in [0.25, 0.3) is 0 Å². The monoisotopic (exact) mass is 404 g/mol. The molecule has 0 spiro atoms. The summed E-state index contributed by atoms with van der Waals surface area (Å²) in [4.78, 5) is 28.4. The number of hydrogen-bond donors (Lipinski definition) is 2. The number of piperazine rings is 1. The molecule has 2 fully saturated rings. The van der Waals surface area contributed by atoms with Crippen molar-refractivity contribution in [3.8, 4) is 11.5 Å². The van der Waals surface area contributed by atoms with E-state index in [2.05, 4.69) is 20.4 Å². The molecule has 1 aliphatic heterocycles. The third-order valence-corrected chi connectivity index (χ3v) is 5.51. The Labute approximate surface area is 172 Å². The van der Waals surface area contributed by atoms with E-state index in [1.807, 2.05) is 24.3 Å². The summed E-state index contributed by atoms with van der Waals surface area (Å²) in [7, 11) is 1.64. The van der Waals surface area contributed by atoms with E-state index in [0.29, 0.717) is 6.61 Å². The predicted molar refractivity (Wildman–Crippen MR) is 110 cm³/mol. The fourth-order valence-corrected chi connectivity index (χ4v) is 3.80. The Morgan fingerprint density at radius 1 is 1.00 bits per heavy atom. The molecule has 0 aromatic heterocycles. The maximum Gasteiger partial charge on any atom is 0.321 e. The summed E-state index contributed by atoms with van der Waals surface area (Å²) in [6.45, 7) is 5.10. The molecule has 0 atom stereocenters. The van der Waals surface area contributed by atoms with Gasteiger partial charge in [0.15, 0.2) is 0 Å². The zero-order valence-corrected chi connectivity index (χ0v) is 17.2. The average Bonchev–Trinajstić information content (AvgIpc) is 3.22. The number of hydrogen-bond acceptors (Lipinski definition) is 6. The van der Waals surface area contributed by atoms with Crippen molar-refractivity contribution in [1.29, 1.82) is 0 Å². The van der Waals surface area contributed by atoms with Crippen molar-refractivity contribution in [2.75, 3.05) is 53.0 Å². The molecular weight excluding hydrogens is 372 g/mol. The summed E-state index contributed by atoms with van der Waals surface area (Å²) in [5.41, 5.74) is 0. The first-order valence-electron chi connectivity index (χ1n) is 10.4. The molecule has 1 aromatic carbocycles. The summed E-state index contributed by atoms with van der Waals surface area (Å²) < 4.78 is 10.9. The molecular formula is C21H32N4O4. The van der Waals surface area contributed by atoms with Gasteiger partial charge in [0.1, 0.15) is 18.1 Å². The van der Waals surface area contributed by atoms with Gasteiger partial charge in [-0.05, 0) is 37.1 Å². The van der Waals surface area contributed by atoms with Gasteiger partial charge in [-0.1, -0.05) is 12.8 Å². The second-order valence-electron chi connectivity index (χ2n) is 7.64. The fraction of sp³-hybridized carbons (Fsp3) is 0.619. The molecule has 0 bridgehead atoms. The van der Waals surface area contributed by atoms with Crippen LogP contribution in [-0.2, 0) is 4.79 Å². The van der Waals surface area contributed by atoms with Gasteiger partial charge in [-0.3, -0.25) is 19.9 Å². The number of rotatable bonds is 8. The number of carbonyl (C=O) groups is 2. The van der Waals surface area contributed by atoms with E-state index < -0.39 is 0 Å².